The molecule has 1 fully saturated rings. The molecule has 4 nitrogen and oxygen atoms in total. The molecule has 88 valence electrons. The molecule has 1 heterocycles. The molecule has 0 radical (unpaired) electrons. The summed E-state index contributed by atoms with van der Waals surface area (Å²) in [6.07, 6.45) is 4.75. The maximum absolute atomic E-state index is 11.8. The predicted molar refractivity (Wildman–Crippen MR) is 60.1 cm³/mol. The number of hydrogen-bond donors (Lipinski definition) is 1. The van der Waals surface area contributed by atoms with E-state index in [-0.39, 0.29) is 5.91 Å². The second kappa shape index (κ2) is 4.68. The Morgan fingerprint density at radius 2 is 2.25 bits per heavy atom. The maximum Gasteiger partial charge on any atom is 0.273 e. The summed E-state index contributed by atoms with van der Waals surface area (Å²) in [6.45, 7) is 3.98. The van der Waals surface area contributed by atoms with Crippen molar-refractivity contribution in [1.29, 1.82) is 0 Å². The van der Waals surface area contributed by atoms with Crippen LogP contribution in [0.25, 0.3) is 0 Å². The Morgan fingerprint density at radius 3 is 2.88 bits per heavy atom. The fraction of sp³-hybridized carbons (Fsp3) is 0.667. The van der Waals surface area contributed by atoms with Gasteiger partial charge in [0.25, 0.3) is 5.91 Å². The van der Waals surface area contributed by atoms with Crippen LogP contribution in [0.3, 0.4) is 0 Å². The van der Waals surface area contributed by atoms with Gasteiger partial charge in [-0.1, -0.05) is 24.9 Å². The molecule has 0 aromatic carbocycles. The summed E-state index contributed by atoms with van der Waals surface area (Å²) < 4.78 is 4.89. The van der Waals surface area contributed by atoms with Gasteiger partial charge in [-0.2, -0.15) is 0 Å². The monoisotopic (exact) mass is 222 g/mol. The molecule has 1 aromatic heterocycles. The SMILES string of the molecule is Cc1cc(C(=O)N[C@@H]2CCCC[C@H]2C)no1. The fourth-order valence-electron chi connectivity index (χ4n) is 2.25. The number of nitrogens with zero attached hydrogens (tertiary/aromatic N) is 1. The maximum atomic E-state index is 11.8. The van der Waals surface area contributed by atoms with Crippen LogP contribution in [0.2, 0.25) is 0 Å². The molecule has 0 aliphatic heterocycles. The third-order valence-corrected chi connectivity index (χ3v) is 3.29. The molecule has 1 saturated carbocycles. The van der Waals surface area contributed by atoms with Crippen molar-refractivity contribution in [1.82, 2.24) is 10.5 Å². The zero-order valence-electron chi connectivity index (χ0n) is 9.82. The summed E-state index contributed by atoms with van der Waals surface area (Å²) in [6, 6.07) is 1.96. The summed E-state index contributed by atoms with van der Waals surface area (Å²) in [5.41, 5.74) is 0.385. The van der Waals surface area contributed by atoms with Gasteiger partial charge >= 0.3 is 0 Å². The standard InChI is InChI=1S/C12H18N2O2/c1-8-5-3-4-6-10(8)13-12(15)11-7-9(2)16-14-11/h7-8,10H,3-6H2,1-2H3,(H,13,15)/t8-,10-/m1/s1. The minimum absolute atomic E-state index is 0.115. The van der Waals surface area contributed by atoms with Crippen molar-refractivity contribution >= 4 is 5.91 Å². The van der Waals surface area contributed by atoms with Crippen molar-refractivity contribution in [3.8, 4) is 0 Å². The highest BCUT2D eigenvalue weighted by atomic mass is 16.5. The Balaban J connectivity index is 1.96. The number of hydrogen-bond acceptors (Lipinski definition) is 3. The van der Waals surface area contributed by atoms with Gasteiger partial charge in [0.1, 0.15) is 5.76 Å². The summed E-state index contributed by atoms with van der Waals surface area (Å²) in [5, 5.41) is 6.76. The van der Waals surface area contributed by atoms with E-state index in [0.717, 1.165) is 6.42 Å². The van der Waals surface area contributed by atoms with E-state index >= 15 is 0 Å². The number of rotatable bonds is 2. The second-order valence-corrected chi connectivity index (χ2v) is 4.66. The van der Waals surface area contributed by atoms with E-state index in [1.165, 1.54) is 19.3 Å². The first-order valence-electron chi connectivity index (χ1n) is 5.91. The van der Waals surface area contributed by atoms with Crippen LogP contribution in [0.5, 0.6) is 0 Å². The fourth-order valence-corrected chi connectivity index (χ4v) is 2.25. The van der Waals surface area contributed by atoms with Gasteiger partial charge in [0.15, 0.2) is 5.69 Å². The highest BCUT2D eigenvalue weighted by Crippen LogP contribution is 2.23. The van der Waals surface area contributed by atoms with E-state index < -0.39 is 0 Å². The Bertz CT molecular complexity index is 373. The summed E-state index contributed by atoms with van der Waals surface area (Å²) in [5.74, 6) is 1.11. The largest absolute Gasteiger partial charge is 0.361 e. The van der Waals surface area contributed by atoms with E-state index in [1.807, 2.05) is 0 Å². The highest BCUT2D eigenvalue weighted by molar-refractivity contribution is 5.92. The van der Waals surface area contributed by atoms with E-state index in [2.05, 4.69) is 17.4 Å². The smallest absolute Gasteiger partial charge is 0.273 e. The Morgan fingerprint density at radius 1 is 1.50 bits per heavy atom. The number of carbonyl (C=O) groups excluding carboxylic acids is 1. The molecule has 1 aliphatic carbocycles. The number of carbonyl (C=O) groups is 1. The van der Waals surface area contributed by atoms with Crippen molar-refractivity contribution in [2.24, 2.45) is 5.92 Å². The predicted octanol–water partition coefficient (Wildman–Crippen LogP) is 2.29. The quantitative estimate of drug-likeness (QED) is 0.835. The van der Waals surface area contributed by atoms with Gasteiger partial charge in [-0.05, 0) is 25.7 Å². The zero-order chi connectivity index (χ0) is 11.5. The van der Waals surface area contributed by atoms with Crippen LogP contribution in [0.1, 0.15) is 48.9 Å². The summed E-state index contributed by atoms with van der Waals surface area (Å²) in [4.78, 5) is 11.8. The van der Waals surface area contributed by atoms with Gasteiger partial charge in [-0.25, -0.2) is 0 Å². The minimum Gasteiger partial charge on any atom is -0.361 e. The van der Waals surface area contributed by atoms with E-state index in [0.29, 0.717) is 23.4 Å². The molecule has 4 heteroatoms. The lowest BCUT2D eigenvalue weighted by Gasteiger charge is -2.29. The van der Waals surface area contributed by atoms with Gasteiger partial charge in [0.05, 0.1) is 0 Å². The summed E-state index contributed by atoms with van der Waals surface area (Å²) >= 11 is 0. The van der Waals surface area contributed by atoms with Crippen LogP contribution >= 0.6 is 0 Å². The van der Waals surface area contributed by atoms with Crippen molar-refractivity contribution in [2.75, 3.05) is 0 Å². The molecule has 1 aliphatic rings. The van der Waals surface area contributed by atoms with Gasteiger partial charge in [-0.15, -0.1) is 0 Å². The molecule has 2 rings (SSSR count). The molecule has 16 heavy (non-hydrogen) atoms. The third kappa shape index (κ3) is 2.43. The molecular weight excluding hydrogens is 204 g/mol. The molecule has 2 atom stereocenters. The first kappa shape index (κ1) is 11.2. The normalized spacial score (nSPS) is 25.4. The van der Waals surface area contributed by atoms with Crippen molar-refractivity contribution in [2.45, 2.75) is 45.6 Å². The first-order valence-corrected chi connectivity index (χ1v) is 5.91. The number of nitrogens with one attached hydrogen (secondary N) is 1. The van der Waals surface area contributed by atoms with Gasteiger partial charge in [-0.3, -0.25) is 4.79 Å². The average molecular weight is 222 g/mol. The molecule has 1 amide bonds. The Hall–Kier alpha value is -1.32. The highest BCUT2D eigenvalue weighted by Gasteiger charge is 2.24. The van der Waals surface area contributed by atoms with E-state index in [9.17, 15) is 4.79 Å². The molecule has 0 unspecified atom stereocenters. The lowest BCUT2D eigenvalue weighted by molar-refractivity contribution is 0.0901. The Kier molecular flexibility index (Phi) is 3.27. The topological polar surface area (TPSA) is 55.1 Å². The number of aromatic nitrogens is 1. The van der Waals surface area contributed by atoms with Crippen molar-refractivity contribution < 1.29 is 9.32 Å². The van der Waals surface area contributed by atoms with Gasteiger partial charge in [0, 0.05) is 12.1 Å². The molecule has 0 bridgehead atoms. The van der Waals surface area contributed by atoms with Crippen LogP contribution in [0, 0.1) is 12.8 Å². The summed E-state index contributed by atoms with van der Waals surface area (Å²) in [7, 11) is 0. The zero-order valence-corrected chi connectivity index (χ0v) is 9.82. The average Bonchev–Trinajstić information content (AvgIpc) is 2.68. The number of aryl methyl sites for hydroxylation is 1. The van der Waals surface area contributed by atoms with Gasteiger partial charge in [0.2, 0.25) is 0 Å². The number of amides is 1. The first-order chi connectivity index (χ1) is 7.66. The molecule has 1 aromatic rings. The van der Waals surface area contributed by atoms with Crippen molar-refractivity contribution in [3.05, 3.63) is 17.5 Å². The Labute approximate surface area is 95.4 Å². The van der Waals surface area contributed by atoms with Crippen LogP contribution in [0.4, 0.5) is 0 Å². The van der Waals surface area contributed by atoms with Crippen LogP contribution in [-0.4, -0.2) is 17.1 Å². The van der Waals surface area contributed by atoms with Gasteiger partial charge < -0.3 is 9.84 Å². The van der Waals surface area contributed by atoms with Crippen LogP contribution < -0.4 is 5.32 Å². The lowest BCUT2D eigenvalue weighted by Crippen LogP contribution is -2.41. The van der Waals surface area contributed by atoms with Crippen LogP contribution in [0.15, 0.2) is 10.6 Å². The lowest BCUT2D eigenvalue weighted by atomic mass is 9.86. The van der Waals surface area contributed by atoms with Crippen molar-refractivity contribution in [3.63, 3.8) is 0 Å². The molecular formula is C12H18N2O2. The second-order valence-electron chi connectivity index (χ2n) is 4.66. The van der Waals surface area contributed by atoms with E-state index in [4.69, 9.17) is 4.52 Å². The van der Waals surface area contributed by atoms with E-state index in [1.54, 1.807) is 13.0 Å². The van der Waals surface area contributed by atoms with Crippen LogP contribution in [-0.2, 0) is 0 Å². The molecule has 0 saturated heterocycles. The molecule has 0 spiro atoms. The minimum atomic E-state index is -0.115. The molecule has 1 N–H and O–H groups in total. The third-order valence-electron chi connectivity index (χ3n) is 3.29.